The Morgan fingerprint density at radius 3 is 2.65 bits per heavy atom. The molecule has 112 valence electrons. The fourth-order valence-electron chi connectivity index (χ4n) is 3.26. The van der Waals surface area contributed by atoms with Gasteiger partial charge in [-0.15, -0.1) is 0 Å². The lowest BCUT2D eigenvalue weighted by molar-refractivity contribution is 0.157. The van der Waals surface area contributed by atoms with Gasteiger partial charge in [-0.25, -0.2) is 4.98 Å². The van der Waals surface area contributed by atoms with Gasteiger partial charge in [-0.1, -0.05) is 13.3 Å². The van der Waals surface area contributed by atoms with E-state index in [0.717, 1.165) is 30.9 Å². The first-order valence-electron chi connectivity index (χ1n) is 8.12. The van der Waals surface area contributed by atoms with Crippen LogP contribution in [0.1, 0.15) is 51.5 Å². The topological polar surface area (TPSA) is 28.2 Å². The Bertz CT molecular complexity index is 397. The van der Waals surface area contributed by atoms with Crippen LogP contribution in [0.5, 0.6) is 0 Å². The maximum Gasteiger partial charge on any atom is 0.126 e. The zero-order chi connectivity index (χ0) is 14.4. The zero-order valence-corrected chi connectivity index (χ0v) is 13.2. The minimum atomic E-state index is 0.758. The van der Waals surface area contributed by atoms with Gasteiger partial charge in [0, 0.05) is 25.3 Å². The zero-order valence-electron chi connectivity index (χ0n) is 13.2. The monoisotopic (exact) mass is 275 g/mol. The molecule has 0 atom stereocenters. The van der Waals surface area contributed by atoms with E-state index in [0.29, 0.717) is 0 Å². The van der Waals surface area contributed by atoms with Crippen molar-refractivity contribution in [2.24, 2.45) is 5.92 Å². The molecule has 1 heterocycles. The Kier molecular flexibility index (Phi) is 5.84. The van der Waals surface area contributed by atoms with E-state index in [1.807, 2.05) is 6.20 Å². The average Bonchev–Trinajstić information content (AvgIpc) is 2.48. The first-order valence-corrected chi connectivity index (χ1v) is 8.12. The molecule has 2 rings (SSSR count). The molecular weight excluding hydrogens is 246 g/mol. The molecule has 0 aromatic carbocycles. The standard InChI is InChI=1S/C17H29N3/c1-4-14-6-8-16(9-7-14)20(3)13-15-10-11-19-17(12-15)18-5-2/h10-12,14,16H,4-9,13H2,1-3H3,(H,18,19). The Balaban J connectivity index is 1.87. The van der Waals surface area contributed by atoms with Gasteiger partial charge in [0.15, 0.2) is 0 Å². The van der Waals surface area contributed by atoms with Gasteiger partial charge < -0.3 is 5.32 Å². The highest BCUT2D eigenvalue weighted by Crippen LogP contribution is 2.29. The number of hydrogen-bond donors (Lipinski definition) is 1. The van der Waals surface area contributed by atoms with Gasteiger partial charge in [0.1, 0.15) is 5.82 Å². The molecule has 1 saturated carbocycles. The van der Waals surface area contributed by atoms with E-state index in [-0.39, 0.29) is 0 Å². The van der Waals surface area contributed by atoms with Crippen molar-refractivity contribution >= 4 is 5.82 Å². The van der Waals surface area contributed by atoms with Crippen LogP contribution in [0.2, 0.25) is 0 Å². The lowest BCUT2D eigenvalue weighted by Gasteiger charge is -2.34. The number of pyridine rings is 1. The van der Waals surface area contributed by atoms with Crippen LogP contribution in [0.4, 0.5) is 5.82 Å². The quantitative estimate of drug-likeness (QED) is 0.853. The predicted octanol–water partition coefficient (Wildman–Crippen LogP) is 3.91. The maximum absolute atomic E-state index is 4.34. The van der Waals surface area contributed by atoms with Gasteiger partial charge in [-0.3, -0.25) is 4.90 Å². The van der Waals surface area contributed by atoms with Gasteiger partial charge in [0.2, 0.25) is 0 Å². The van der Waals surface area contributed by atoms with Crippen molar-refractivity contribution in [3.63, 3.8) is 0 Å². The molecule has 0 amide bonds. The van der Waals surface area contributed by atoms with E-state index >= 15 is 0 Å². The fraction of sp³-hybridized carbons (Fsp3) is 0.706. The highest BCUT2D eigenvalue weighted by atomic mass is 15.1. The molecule has 3 heteroatoms. The average molecular weight is 275 g/mol. The summed E-state index contributed by atoms with van der Waals surface area (Å²) >= 11 is 0. The summed E-state index contributed by atoms with van der Waals surface area (Å²) in [6, 6.07) is 5.07. The first-order chi connectivity index (χ1) is 9.72. The van der Waals surface area contributed by atoms with Gasteiger partial charge in [0.25, 0.3) is 0 Å². The maximum atomic E-state index is 4.34. The second-order valence-corrected chi connectivity index (χ2v) is 6.08. The van der Waals surface area contributed by atoms with E-state index in [4.69, 9.17) is 0 Å². The first kappa shape index (κ1) is 15.3. The van der Waals surface area contributed by atoms with E-state index in [1.54, 1.807) is 0 Å². The van der Waals surface area contributed by atoms with Crippen molar-refractivity contribution in [3.05, 3.63) is 23.9 Å². The van der Waals surface area contributed by atoms with Crippen LogP contribution in [-0.4, -0.2) is 29.5 Å². The SMILES string of the molecule is CCNc1cc(CN(C)C2CCC(CC)CC2)ccn1. The van der Waals surface area contributed by atoms with Gasteiger partial charge in [0.05, 0.1) is 0 Å². The molecule has 1 aliphatic carbocycles. The molecule has 3 nitrogen and oxygen atoms in total. The molecule has 0 spiro atoms. The van der Waals surface area contributed by atoms with E-state index in [1.165, 1.54) is 37.7 Å². The van der Waals surface area contributed by atoms with Crippen molar-refractivity contribution in [2.75, 3.05) is 18.9 Å². The van der Waals surface area contributed by atoms with E-state index < -0.39 is 0 Å². The summed E-state index contributed by atoms with van der Waals surface area (Å²) in [6.07, 6.45) is 8.80. The molecule has 20 heavy (non-hydrogen) atoms. The van der Waals surface area contributed by atoms with Crippen molar-refractivity contribution < 1.29 is 0 Å². The van der Waals surface area contributed by atoms with Gasteiger partial charge >= 0.3 is 0 Å². The molecule has 1 fully saturated rings. The summed E-state index contributed by atoms with van der Waals surface area (Å²) in [4.78, 5) is 6.87. The second-order valence-electron chi connectivity index (χ2n) is 6.08. The lowest BCUT2D eigenvalue weighted by atomic mass is 9.84. The molecule has 0 aliphatic heterocycles. The summed E-state index contributed by atoms with van der Waals surface area (Å²) in [6.45, 7) is 6.39. The van der Waals surface area contributed by atoms with Crippen LogP contribution in [0, 0.1) is 5.92 Å². The molecule has 1 aliphatic rings. The molecule has 0 unspecified atom stereocenters. The summed E-state index contributed by atoms with van der Waals surface area (Å²) in [5, 5.41) is 3.28. The van der Waals surface area contributed by atoms with Gasteiger partial charge in [-0.2, -0.15) is 0 Å². The van der Waals surface area contributed by atoms with Crippen LogP contribution >= 0.6 is 0 Å². The third-order valence-electron chi connectivity index (χ3n) is 4.63. The number of rotatable bonds is 6. The molecule has 0 saturated heterocycles. The number of nitrogens with zero attached hydrogens (tertiary/aromatic N) is 2. The summed E-state index contributed by atoms with van der Waals surface area (Å²) in [5.41, 5.74) is 1.36. The highest BCUT2D eigenvalue weighted by molar-refractivity contribution is 5.37. The predicted molar refractivity (Wildman–Crippen MR) is 85.9 cm³/mol. The Morgan fingerprint density at radius 2 is 2.00 bits per heavy atom. The third kappa shape index (κ3) is 4.20. The number of hydrogen-bond acceptors (Lipinski definition) is 3. The van der Waals surface area contributed by atoms with Crippen molar-refractivity contribution in [2.45, 2.75) is 58.5 Å². The molecule has 1 aromatic rings. The molecule has 1 aromatic heterocycles. The van der Waals surface area contributed by atoms with Gasteiger partial charge in [-0.05, 0) is 63.3 Å². The second kappa shape index (κ2) is 7.63. The van der Waals surface area contributed by atoms with E-state index in [9.17, 15) is 0 Å². The molecule has 0 bridgehead atoms. The fourth-order valence-corrected chi connectivity index (χ4v) is 3.26. The minimum absolute atomic E-state index is 0.758. The Labute approximate surface area is 123 Å². The number of anilines is 1. The van der Waals surface area contributed by atoms with Crippen molar-refractivity contribution in [3.8, 4) is 0 Å². The third-order valence-corrected chi connectivity index (χ3v) is 4.63. The highest BCUT2D eigenvalue weighted by Gasteiger charge is 2.22. The summed E-state index contributed by atoms with van der Waals surface area (Å²) < 4.78 is 0. The van der Waals surface area contributed by atoms with E-state index in [2.05, 4.69) is 48.2 Å². The van der Waals surface area contributed by atoms with Crippen LogP contribution in [0.25, 0.3) is 0 Å². The molecular formula is C17H29N3. The number of nitrogens with one attached hydrogen (secondary N) is 1. The normalized spacial score (nSPS) is 23.0. The smallest absolute Gasteiger partial charge is 0.126 e. The van der Waals surface area contributed by atoms with Crippen LogP contribution in [0.3, 0.4) is 0 Å². The van der Waals surface area contributed by atoms with Crippen LogP contribution < -0.4 is 5.32 Å². The summed E-state index contributed by atoms with van der Waals surface area (Å²) in [7, 11) is 2.27. The Hall–Kier alpha value is -1.09. The molecule has 0 radical (unpaired) electrons. The van der Waals surface area contributed by atoms with Crippen molar-refractivity contribution in [1.82, 2.24) is 9.88 Å². The minimum Gasteiger partial charge on any atom is -0.370 e. The molecule has 1 N–H and O–H groups in total. The Morgan fingerprint density at radius 1 is 1.25 bits per heavy atom. The van der Waals surface area contributed by atoms with Crippen LogP contribution in [-0.2, 0) is 6.54 Å². The van der Waals surface area contributed by atoms with Crippen molar-refractivity contribution in [1.29, 1.82) is 0 Å². The van der Waals surface area contributed by atoms with Crippen LogP contribution in [0.15, 0.2) is 18.3 Å². The summed E-state index contributed by atoms with van der Waals surface area (Å²) in [5.74, 6) is 1.97. The number of aromatic nitrogens is 1. The lowest BCUT2D eigenvalue weighted by Crippen LogP contribution is -2.34. The largest absolute Gasteiger partial charge is 0.370 e.